The van der Waals surface area contributed by atoms with Crippen LogP contribution in [0.3, 0.4) is 0 Å². The van der Waals surface area contributed by atoms with E-state index in [0.717, 1.165) is 153 Å². The molecule has 0 atom stereocenters. The first-order chi connectivity index (χ1) is 48.9. The van der Waals surface area contributed by atoms with Crippen molar-refractivity contribution >= 4 is 59.0 Å². The van der Waals surface area contributed by atoms with Crippen molar-refractivity contribution in [3.05, 3.63) is 265 Å². The number of ether oxygens (including phenoxy) is 6. The van der Waals surface area contributed by atoms with E-state index in [-0.39, 0.29) is 35.9 Å². The van der Waals surface area contributed by atoms with Crippen molar-refractivity contribution < 1.29 is 72.5 Å². The van der Waals surface area contributed by atoms with Gasteiger partial charge in [-0.3, -0.25) is 29.1 Å². The Kier molecular flexibility index (Phi) is 36.0. The average molecular weight is 1420 g/mol. The second kappa shape index (κ2) is 45.3. The molecule has 0 bridgehead atoms. The minimum atomic E-state index is -0.949. The van der Waals surface area contributed by atoms with E-state index in [2.05, 4.69) is 20.8 Å². The van der Waals surface area contributed by atoms with Crippen LogP contribution in [0.2, 0.25) is 10.0 Å². The molecule has 0 unspecified atom stereocenters. The van der Waals surface area contributed by atoms with Crippen LogP contribution in [0.1, 0.15) is 133 Å². The number of carbonyl (C=O) groups excluding carboxylic acids is 4. The number of phenolic OH excluding ortho intramolecular Hbond substituents is 1. The Hall–Kier alpha value is -9.56. The summed E-state index contributed by atoms with van der Waals surface area (Å²) in [5.41, 5.74) is 9.49. The van der Waals surface area contributed by atoms with Gasteiger partial charge < -0.3 is 43.7 Å². The number of aromatic hydroxyl groups is 1. The molecule has 8 aromatic rings. The number of hydrogen-bond acceptors (Lipinski definition) is 16. The fraction of sp³-hybridized carbons (Fsp3) is 0.333. The van der Waals surface area contributed by atoms with Crippen LogP contribution in [0.5, 0.6) is 17.2 Å². The molecule has 0 fully saturated rings. The highest BCUT2D eigenvalue weighted by Gasteiger charge is 2.17. The Morgan fingerprint density at radius 2 is 0.683 bits per heavy atom. The number of esters is 4. The zero-order valence-electron chi connectivity index (χ0n) is 58.1. The monoisotopic (exact) mass is 1420 g/mol. The highest BCUT2D eigenvalue weighted by molar-refractivity contribution is 6.31. The summed E-state index contributed by atoms with van der Waals surface area (Å²) in [5, 5.41) is 29.4. The molecule has 8 aromatic carbocycles. The zero-order chi connectivity index (χ0) is 72.6. The number of aliphatic carboxylic acids is 1. The van der Waals surface area contributed by atoms with Gasteiger partial charge in [-0.1, -0.05) is 151 Å². The Balaban J connectivity index is 0.000000240. The molecular weight excluding hydrogens is 1330 g/mol. The molecule has 0 amide bonds. The van der Waals surface area contributed by atoms with Crippen molar-refractivity contribution in [2.24, 2.45) is 0 Å². The summed E-state index contributed by atoms with van der Waals surface area (Å²) >= 11 is 12.6. The molecule has 0 saturated heterocycles. The third kappa shape index (κ3) is 30.0. The Bertz CT molecular complexity index is 3830. The lowest BCUT2D eigenvalue weighted by molar-refractivity contribution is -0.141. The third-order valence-corrected chi connectivity index (χ3v) is 17.4. The highest BCUT2D eigenvalue weighted by Crippen LogP contribution is 2.26. The van der Waals surface area contributed by atoms with Gasteiger partial charge in [-0.05, 0) is 178 Å². The number of methoxy groups -OCH3 is 4. The topological polar surface area (TPSA) is 228 Å². The number of carbonyl (C=O) groups is 6. The minimum Gasteiger partial charge on any atom is -0.508 e. The first-order valence-corrected chi connectivity index (χ1v) is 34.6. The molecule has 0 heterocycles. The maximum Gasteiger partial charge on any atom is 0.337 e. The van der Waals surface area contributed by atoms with Gasteiger partial charge in [0.2, 0.25) is 0 Å². The normalized spacial score (nSPS) is 10.8. The summed E-state index contributed by atoms with van der Waals surface area (Å²) in [6, 6.07) is 60.4. The average Bonchev–Trinajstić information content (AvgIpc) is 1.55. The molecule has 0 radical (unpaired) electrons. The molecule has 3 N–H and O–H groups in total. The third-order valence-electron chi connectivity index (χ3n) is 16.7. The quantitative estimate of drug-likeness (QED) is 0.0185. The molecule has 0 aliphatic heterocycles. The predicted molar refractivity (Wildman–Crippen MR) is 392 cm³/mol. The SMILES string of the molecule is COC(=O)CCCCN(CCc1ccccc1O)Cc1ccc(C(=O)OC)cc1.COC(=O)CCCCN(CCc1ccccc1OCc1ccccc1Cl)Cc1ccc(C(=O)OC)cc1.O=C(O)CCCCN(CCc1ccccc1OCc1ccccc1Cl)Cc1ccc(C(=O)O)cc1. The van der Waals surface area contributed by atoms with Crippen molar-refractivity contribution in [2.75, 3.05) is 67.7 Å². The largest absolute Gasteiger partial charge is 0.508 e. The summed E-state index contributed by atoms with van der Waals surface area (Å²) < 4.78 is 31.2. The maximum atomic E-state index is 11.8. The Morgan fingerprint density at radius 1 is 0.356 bits per heavy atom. The molecule has 0 aliphatic carbocycles. The lowest BCUT2D eigenvalue weighted by Crippen LogP contribution is -2.27. The van der Waals surface area contributed by atoms with Crippen LogP contribution >= 0.6 is 23.2 Å². The van der Waals surface area contributed by atoms with E-state index in [4.69, 9.17) is 61.8 Å². The first kappa shape index (κ1) is 80.4. The zero-order valence-corrected chi connectivity index (χ0v) is 59.6. The number of para-hydroxylation sites is 3. The molecule has 8 rings (SSSR count). The van der Waals surface area contributed by atoms with E-state index in [1.165, 1.54) is 28.4 Å². The van der Waals surface area contributed by atoms with Crippen LogP contribution in [0.25, 0.3) is 0 Å². The summed E-state index contributed by atoms with van der Waals surface area (Å²) in [7, 11) is 5.56. The molecule has 18 nitrogen and oxygen atoms in total. The fourth-order valence-electron chi connectivity index (χ4n) is 10.9. The number of unbranched alkanes of at least 4 members (excludes halogenated alkanes) is 3. The summed E-state index contributed by atoms with van der Waals surface area (Å²) in [6.45, 7) is 7.60. The molecule has 536 valence electrons. The summed E-state index contributed by atoms with van der Waals surface area (Å²) in [4.78, 5) is 75.1. The van der Waals surface area contributed by atoms with E-state index >= 15 is 0 Å². The second-order valence-corrected chi connectivity index (χ2v) is 24.8. The van der Waals surface area contributed by atoms with Gasteiger partial charge in [0.15, 0.2) is 0 Å². The molecule has 0 aliphatic rings. The lowest BCUT2D eigenvalue weighted by Gasteiger charge is -2.23. The fourth-order valence-corrected chi connectivity index (χ4v) is 11.3. The van der Waals surface area contributed by atoms with Gasteiger partial charge in [-0.2, -0.15) is 0 Å². The second-order valence-electron chi connectivity index (χ2n) is 24.0. The maximum absolute atomic E-state index is 11.8. The molecular formula is C81H93Cl2N3O15. The van der Waals surface area contributed by atoms with Crippen LogP contribution in [0.4, 0.5) is 0 Å². The number of carboxylic acids is 2. The van der Waals surface area contributed by atoms with Gasteiger partial charge >= 0.3 is 35.8 Å². The van der Waals surface area contributed by atoms with Crippen molar-refractivity contribution in [1.29, 1.82) is 0 Å². The van der Waals surface area contributed by atoms with Crippen molar-refractivity contribution in [3.63, 3.8) is 0 Å². The highest BCUT2D eigenvalue weighted by atomic mass is 35.5. The van der Waals surface area contributed by atoms with Crippen LogP contribution in [-0.2, 0) is 85.4 Å². The van der Waals surface area contributed by atoms with Crippen molar-refractivity contribution in [2.45, 2.75) is 110 Å². The van der Waals surface area contributed by atoms with Gasteiger partial charge in [-0.15, -0.1) is 0 Å². The molecule has 0 spiro atoms. The van der Waals surface area contributed by atoms with Gasteiger partial charge in [0.05, 0.1) is 45.1 Å². The number of hydrogen-bond donors (Lipinski definition) is 3. The van der Waals surface area contributed by atoms with Gasteiger partial charge in [0, 0.05) is 79.7 Å². The number of phenols is 1. The van der Waals surface area contributed by atoms with Gasteiger partial charge in [-0.25, -0.2) is 14.4 Å². The number of nitrogens with zero attached hydrogens (tertiary/aromatic N) is 3. The van der Waals surface area contributed by atoms with E-state index < -0.39 is 11.9 Å². The minimum absolute atomic E-state index is 0.153. The van der Waals surface area contributed by atoms with Crippen LogP contribution in [0.15, 0.2) is 194 Å². The number of rotatable bonds is 39. The van der Waals surface area contributed by atoms with Gasteiger partial charge in [0.25, 0.3) is 0 Å². The number of aromatic carboxylic acids is 1. The van der Waals surface area contributed by atoms with Crippen molar-refractivity contribution in [1.82, 2.24) is 14.7 Å². The number of carboxylic acid groups (broad SMARTS) is 2. The summed E-state index contributed by atoms with van der Waals surface area (Å²) in [5.74, 6) is -0.852. The van der Waals surface area contributed by atoms with Crippen LogP contribution in [0, 0.1) is 0 Å². The number of benzene rings is 8. The van der Waals surface area contributed by atoms with Crippen molar-refractivity contribution in [3.8, 4) is 17.2 Å². The van der Waals surface area contributed by atoms with Gasteiger partial charge in [0.1, 0.15) is 30.5 Å². The number of halogens is 2. The van der Waals surface area contributed by atoms with E-state index in [1.54, 1.807) is 42.5 Å². The molecule has 20 heteroatoms. The first-order valence-electron chi connectivity index (χ1n) is 33.8. The smallest absolute Gasteiger partial charge is 0.337 e. The molecule has 101 heavy (non-hydrogen) atoms. The van der Waals surface area contributed by atoms with E-state index in [1.807, 2.05) is 146 Å². The molecule has 0 aromatic heterocycles. The Morgan fingerprint density at radius 3 is 1.03 bits per heavy atom. The van der Waals surface area contributed by atoms with E-state index in [0.29, 0.717) is 72.5 Å². The lowest BCUT2D eigenvalue weighted by atomic mass is 10.1. The van der Waals surface area contributed by atoms with Crippen LogP contribution in [-0.4, -0.2) is 134 Å². The van der Waals surface area contributed by atoms with Crippen LogP contribution < -0.4 is 9.47 Å². The summed E-state index contributed by atoms with van der Waals surface area (Å²) in [6.07, 6.45) is 7.92. The van der Waals surface area contributed by atoms with E-state index in [9.17, 15) is 33.9 Å². The predicted octanol–water partition coefficient (Wildman–Crippen LogP) is 15.6. The Labute approximate surface area is 603 Å². The molecule has 0 saturated carbocycles. The standard InChI is InChI=1S/C30H34ClNO5.C28H30ClNO5.C23H29NO5/c1-35-29(33)13-7-8-19-32(21-23-14-16-25(17-15-23)30(34)36-2)20-18-24-9-4-6-12-28(24)37-22-26-10-3-5-11-27(26)31;29-25-9-3-1-8-24(25)20-35-26-10-4-2-7-22(26)16-18-30(17-6-5-11-27(31)32)19-21-12-14-23(15-13-21)28(33)34;1-28-22(26)9-5-6-15-24(16-14-19-7-3-4-8-21(19)25)17-18-10-12-20(13-11-18)23(27)29-2/h3-6,9-12,14-17H,7-8,13,18-22H2,1-2H3;1-4,7-10,12-15H,5-6,11,16-20H2,(H,31,32)(H,33,34);3-4,7-8,10-13,25H,5-6,9,14-17H2,1-2H3.